The van der Waals surface area contributed by atoms with Crippen molar-refractivity contribution < 1.29 is 19.1 Å². The zero-order chi connectivity index (χ0) is 20.8. The zero-order valence-electron chi connectivity index (χ0n) is 15.3. The molecule has 0 unspecified atom stereocenters. The second kappa shape index (κ2) is 9.35. The Hall–Kier alpha value is -3.17. The van der Waals surface area contributed by atoms with Gasteiger partial charge in [0.25, 0.3) is 0 Å². The van der Waals surface area contributed by atoms with Gasteiger partial charge in [-0.2, -0.15) is 0 Å². The van der Waals surface area contributed by atoms with E-state index in [0.717, 1.165) is 5.56 Å². The number of nitrogens with two attached hydrogens (primary N) is 1. The van der Waals surface area contributed by atoms with Crippen molar-refractivity contribution in [2.24, 2.45) is 5.73 Å². The van der Waals surface area contributed by atoms with Crippen molar-refractivity contribution >= 4 is 29.3 Å². The van der Waals surface area contributed by atoms with Crippen molar-refractivity contribution in [2.75, 3.05) is 11.1 Å². The fourth-order valence-electron chi connectivity index (χ4n) is 2.59. The molecule has 2 aromatic carbocycles. The molecule has 3 aromatic rings. The number of thioether (sulfide) groups is 1. The molecule has 0 spiro atoms. The van der Waals surface area contributed by atoms with E-state index >= 15 is 0 Å². The second-order valence-corrected chi connectivity index (χ2v) is 7.15. The molecule has 0 aliphatic heterocycles. The Bertz CT molecular complexity index is 1000. The maximum atomic E-state index is 13.1. The molecule has 3 rings (SSSR count). The summed E-state index contributed by atoms with van der Waals surface area (Å²) in [6.07, 6.45) is 1.70. The lowest BCUT2D eigenvalue weighted by Gasteiger charge is -2.08. The second-order valence-electron chi connectivity index (χ2n) is 6.21. The molecule has 2 amide bonds. The number of primary amides is 1. The lowest BCUT2D eigenvalue weighted by Crippen LogP contribution is -2.15. The number of nitrogens with zero attached hydrogens (tertiary/aromatic N) is 2. The Labute approximate surface area is 170 Å². The summed E-state index contributed by atoms with van der Waals surface area (Å²) in [4.78, 5) is 27.6. The number of hydrogen-bond donors (Lipinski definition) is 3. The minimum Gasteiger partial charge on any atom is -0.390 e. The molecule has 0 aliphatic carbocycles. The summed E-state index contributed by atoms with van der Waals surface area (Å²) >= 11 is 1.22. The summed E-state index contributed by atoms with van der Waals surface area (Å²) in [7, 11) is 0. The van der Waals surface area contributed by atoms with Crippen LogP contribution in [-0.2, 0) is 17.9 Å². The molecule has 0 fully saturated rings. The summed E-state index contributed by atoms with van der Waals surface area (Å²) in [6, 6.07) is 12.4. The highest BCUT2D eigenvalue weighted by molar-refractivity contribution is 7.99. The number of aliphatic hydroxyl groups excluding tert-OH is 1. The smallest absolute Gasteiger partial charge is 0.248 e. The molecule has 9 heteroatoms. The van der Waals surface area contributed by atoms with Crippen LogP contribution < -0.4 is 11.1 Å². The molecule has 0 saturated heterocycles. The van der Waals surface area contributed by atoms with Gasteiger partial charge in [-0.25, -0.2) is 9.37 Å². The summed E-state index contributed by atoms with van der Waals surface area (Å²) < 4.78 is 14.9. The Balaban J connectivity index is 1.63. The Morgan fingerprint density at radius 1 is 1.14 bits per heavy atom. The Morgan fingerprint density at radius 3 is 2.45 bits per heavy atom. The molecule has 0 aliphatic rings. The topological polar surface area (TPSA) is 110 Å². The van der Waals surface area contributed by atoms with E-state index in [1.165, 1.54) is 36.0 Å². The number of amides is 2. The molecule has 1 aromatic heterocycles. The number of rotatable bonds is 8. The lowest BCUT2D eigenvalue weighted by atomic mass is 10.2. The van der Waals surface area contributed by atoms with Crippen molar-refractivity contribution in [2.45, 2.75) is 18.3 Å². The number of aromatic nitrogens is 2. The van der Waals surface area contributed by atoms with Crippen LogP contribution >= 0.6 is 11.8 Å². The predicted molar refractivity (Wildman–Crippen MR) is 108 cm³/mol. The van der Waals surface area contributed by atoms with E-state index in [-0.39, 0.29) is 24.1 Å². The van der Waals surface area contributed by atoms with Crippen LogP contribution in [0.25, 0.3) is 0 Å². The van der Waals surface area contributed by atoms with Gasteiger partial charge in [0.15, 0.2) is 5.16 Å². The number of anilines is 1. The number of carbonyl (C=O) groups excluding carboxylic acids is 2. The third-order valence-corrected chi connectivity index (χ3v) is 4.99. The standard InChI is InChI=1S/C20H19FN4O3S/c21-15-5-1-13(2-6-15)9-25-10-17(11-26)24-20(25)29-12-18(27)23-16-7-3-14(4-8-16)19(22)28/h1-8,10,26H,9,11-12H2,(H2,22,28)(H,23,27). The number of aliphatic hydroxyl groups is 1. The highest BCUT2D eigenvalue weighted by Crippen LogP contribution is 2.20. The molecular weight excluding hydrogens is 395 g/mol. The average Bonchev–Trinajstić information content (AvgIpc) is 3.10. The van der Waals surface area contributed by atoms with Gasteiger partial charge in [0, 0.05) is 24.0 Å². The molecule has 29 heavy (non-hydrogen) atoms. The maximum Gasteiger partial charge on any atom is 0.248 e. The maximum absolute atomic E-state index is 13.1. The third-order valence-electron chi connectivity index (χ3n) is 4.00. The van der Waals surface area contributed by atoms with Crippen LogP contribution in [0, 0.1) is 5.82 Å². The monoisotopic (exact) mass is 414 g/mol. The molecule has 0 bridgehead atoms. The van der Waals surface area contributed by atoms with Gasteiger partial charge < -0.3 is 20.7 Å². The molecule has 4 N–H and O–H groups in total. The van der Waals surface area contributed by atoms with Crippen LogP contribution in [0.2, 0.25) is 0 Å². The number of hydrogen-bond acceptors (Lipinski definition) is 5. The van der Waals surface area contributed by atoms with Gasteiger partial charge in [0.1, 0.15) is 5.82 Å². The largest absolute Gasteiger partial charge is 0.390 e. The van der Waals surface area contributed by atoms with Crippen molar-refractivity contribution in [1.29, 1.82) is 0 Å². The Morgan fingerprint density at radius 2 is 1.83 bits per heavy atom. The number of benzene rings is 2. The lowest BCUT2D eigenvalue weighted by molar-refractivity contribution is -0.113. The van der Waals surface area contributed by atoms with Crippen LogP contribution in [0.1, 0.15) is 21.6 Å². The van der Waals surface area contributed by atoms with E-state index in [2.05, 4.69) is 10.3 Å². The highest BCUT2D eigenvalue weighted by Gasteiger charge is 2.12. The molecule has 7 nitrogen and oxygen atoms in total. The Kier molecular flexibility index (Phi) is 6.63. The van der Waals surface area contributed by atoms with Crippen LogP contribution in [-0.4, -0.2) is 32.2 Å². The minimum absolute atomic E-state index is 0.100. The van der Waals surface area contributed by atoms with Gasteiger partial charge >= 0.3 is 0 Å². The molecule has 150 valence electrons. The quantitative estimate of drug-likeness (QED) is 0.490. The predicted octanol–water partition coefficient (Wildman–Crippen LogP) is 2.39. The van der Waals surface area contributed by atoms with E-state index in [0.29, 0.717) is 28.6 Å². The van der Waals surface area contributed by atoms with Crippen LogP contribution in [0.15, 0.2) is 59.9 Å². The summed E-state index contributed by atoms with van der Waals surface area (Å²) in [5.41, 5.74) is 7.45. The first-order valence-corrected chi connectivity index (χ1v) is 9.67. The molecule has 0 atom stereocenters. The van der Waals surface area contributed by atoms with Crippen LogP contribution in [0.4, 0.5) is 10.1 Å². The van der Waals surface area contributed by atoms with Crippen LogP contribution in [0.5, 0.6) is 0 Å². The summed E-state index contributed by atoms with van der Waals surface area (Å²) in [5.74, 6) is -0.997. The number of imidazole rings is 1. The summed E-state index contributed by atoms with van der Waals surface area (Å²) in [5, 5.41) is 12.7. The van der Waals surface area contributed by atoms with Crippen molar-refractivity contribution in [1.82, 2.24) is 9.55 Å². The average molecular weight is 414 g/mol. The first-order chi connectivity index (χ1) is 13.9. The fourth-order valence-corrected chi connectivity index (χ4v) is 3.38. The number of halogens is 1. The molecular formula is C20H19FN4O3S. The van der Waals surface area contributed by atoms with Gasteiger partial charge in [-0.15, -0.1) is 0 Å². The van der Waals surface area contributed by atoms with E-state index in [9.17, 15) is 19.1 Å². The first-order valence-electron chi connectivity index (χ1n) is 8.68. The van der Waals surface area contributed by atoms with E-state index in [1.807, 2.05) is 0 Å². The molecule has 0 saturated carbocycles. The van der Waals surface area contributed by atoms with Gasteiger partial charge in [-0.05, 0) is 42.0 Å². The van der Waals surface area contributed by atoms with Gasteiger partial charge in [-0.1, -0.05) is 23.9 Å². The van der Waals surface area contributed by atoms with Crippen molar-refractivity contribution in [3.05, 3.63) is 77.4 Å². The number of carbonyl (C=O) groups is 2. The van der Waals surface area contributed by atoms with Crippen molar-refractivity contribution in [3.63, 3.8) is 0 Å². The van der Waals surface area contributed by atoms with Crippen molar-refractivity contribution in [3.8, 4) is 0 Å². The van der Waals surface area contributed by atoms with Crippen LogP contribution in [0.3, 0.4) is 0 Å². The molecule has 0 radical (unpaired) electrons. The van der Waals surface area contributed by atoms with E-state index in [4.69, 9.17) is 5.73 Å². The van der Waals surface area contributed by atoms with Gasteiger partial charge in [-0.3, -0.25) is 9.59 Å². The van der Waals surface area contributed by atoms with Gasteiger partial charge in [0.2, 0.25) is 11.8 Å². The van der Waals surface area contributed by atoms with E-state index in [1.54, 1.807) is 35.0 Å². The van der Waals surface area contributed by atoms with Gasteiger partial charge in [0.05, 0.1) is 18.1 Å². The highest BCUT2D eigenvalue weighted by atomic mass is 32.2. The normalized spacial score (nSPS) is 10.7. The molecule has 1 heterocycles. The minimum atomic E-state index is -0.536. The number of nitrogens with one attached hydrogen (secondary N) is 1. The third kappa shape index (κ3) is 5.66. The summed E-state index contributed by atoms with van der Waals surface area (Å²) in [6.45, 7) is 0.216. The first kappa shape index (κ1) is 20.6. The zero-order valence-corrected chi connectivity index (χ0v) is 16.2. The fraction of sp³-hybridized carbons (Fsp3) is 0.150. The SMILES string of the molecule is NC(=O)c1ccc(NC(=O)CSc2nc(CO)cn2Cc2ccc(F)cc2)cc1. The van der Waals surface area contributed by atoms with E-state index < -0.39 is 5.91 Å².